The Kier molecular flexibility index (Phi) is 16.0. The van der Waals surface area contributed by atoms with Crippen molar-refractivity contribution in [2.24, 2.45) is 0 Å². The minimum absolute atomic E-state index is 0.00666. The highest BCUT2D eigenvalue weighted by Gasteiger charge is 2.41. The van der Waals surface area contributed by atoms with Gasteiger partial charge in [0.1, 0.15) is 0 Å². The molecule has 2 rings (SSSR count). The second kappa shape index (κ2) is 18.4. The number of unbranched alkanes of at least 4 members (excludes halogenated alkanes) is 14. The average Bonchev–Trinajstić information content (AvgIpc) is 3.15. The van der Waals surface area contributed by atoms with Crippen LogP contribution in [0, 0.1) is 0 Å². The summed E-state index contributed by atoms with van der Waals surface area (Å²) < 4.78 is 5.34. The van der Waals surface area contributed by atoms with Crippen LogP contribution in [0.15, 0.2) is 0 Å². The maximum Gasteiger partial charge on any atom is 0.305 e. The van der Waals surface area contributed by atoms with Crippen molar-refractivity contribution in [2.45, 2.75) is 116 Å². The van der Waals surface area contributed by atoms with Gasteiger partial charge in [-0.05, 0) is 19.3 Å². The number of ether oxygens (including phenoxy) is 1. The van der Waals surface area contributed by atoms with Gasteiger partial charge >= 0.3 is 5.97 Å². The van der Waals surface area contributed by atoms with E-state index in [9.17, 15) is 14.4 Å². The van der Waals surface area contributed by atoms with Crippen molar-refractivity contribution in [3.8, 4) is 0 Å². The summed E-state index contributed by atoms with van der Waals surface area (Å²) in [5.41, 5.74) is -0.0133. The number of fused-ring (bicyclic) bond motifs is 1. The second-order valence-corrected chi connectivity index (χ2v) is 11.6. The molecule has 0 saturated carbocycles. The summed E-state index contributed by atoms with van der Waals surface area (Å²) in [7, 11) is 0. The summed E-state index contributed by atoms with van der Waals surface area (Å²) >= 11 is 24.4. The van der Waals surface area contributed by atoms with Crippen molar-refractivity contribution < 1.29 is 19.1 Å². The predicted octanol–water partition coefficient (Wildman–Crippen LogP) is 10.1. The fraction of sp³-hybridized carbons (Fsp3) is 0.690. The molecule has 0 bridgehead atoms. The zero-order valence-electron chi connectivity index (χ0n) is 22.5. The molecule has 38 heavy (non-hydrogen) atoms. The zero-order valence-corrected chi connectivity index (χ0v) is 25.6. The fourth-order valence-electron chi connectivity index (χ4n) is 4.69. The van der Waals surface area contributed by atoms with Crippen LogP contribution in [0.4, 0.5) is 0 Å². The van der Waals surface area contributed by atoms with Crippen LogP contribution in [0.5, 0.6) is 0 Å². The molecule has 0 unspecified atom stereocenters. The predicted molar refractivity (Wildman–Crippen MR) is 157 cm³/mol. The Morgan fingerprint density at radius 2 is 1.03 bits per heavy atom. The van der Waals surface area contributed by atoms with Crippen LogP contribution in [0.1, 0.15) is 137 Å². The minimum Gasteiger partial charge on any atom is -0.466 e. The molecule has 2 amide bonds. The van der Waals surface area contributed by atoms with Gasteiger partial charge in [-0.15, -0.1) is 0 Å². The van der Waals surface area contributed by atoms with Crippen molar-refractivity contribution in [2.75, 3.05) is 13.2 Å². The number of halogens is 4. The molecule has 0 aliphatic carbocycles. The van der Waals surface area contributed by atoms with E-state index in [1.807, 2.05) is 0 Å². The molecule has 0 N–H and O–H groups in total. The Labute approximate surface area is 247 Å². The summed E-state index contributed by atoms with van der Waals surface area (Å²) in [6, 6.07) is 0. The molecule has 1 aliphatic rings. The molecule has 0 saturated heterocycles. The van der Waals surface area contributed by atoms with Gasteiger partial charge in [0.25, 0.3) is 11.8 Å². The monoisotopic (exact) mass is 607 g/mol. The van der Waals surface area contributed by atoms with E-state index >= 15 is 0 Å². The Balaban J connectivity index is 1.48. The number of benzene rings is 1. The van der Waals surface area contributed by atoms with Gasteiger partial charge < -0.3 is 4.74 Å². The van der Waals surface area contributed by atoms with E-state index in [4.69, 9.17) is 51.1 Å². The number of rotatable bonds is 20. The second-order valence-electron chi connectivity index (χ2n) is 10.0. The summed E-state index contributed by atoms with van der Waals surface area (Å²) in [5.74, 6) is -1.27. The number of carbonyl (C=O) groups excluding carboxylic acids is 3. The van der Waals surface area contributed by atoms with Gasteiger partial charge in [-0.1, -0.05) is 137 Å². The van der Waals surface area contributed by atoms with E-state index in [-0.39, 0.29) is 43.7 Å². The average molecular weight is 609 g/mol. The quantitative estimate of drug-likeness (QED) is 0.0485. The molecular formula is C29H41Cl4NO4. The van der Waals surface area contributed by atoms with Crippen LogP contribution in [0.25, 0.3) is 0 Å². The first-order valence-corrected chi connectivity index (χ1v) is 15.7. The zero-order chi connectivity index (χ0) is 27.9. The molecule has 1 aromatic rings. The normalized spacial score (nSPS) is 12.9. The van der Waals surface area contributed by atoms with Crippen molar-refractivity contribution in [1.82, 2.24) is 4.90 Å². The molecule has 5 nitrogen and oxygen atoms in total. The van der Waals surface area contributed by atoms with Gasteiger partial charge in [0, 0.05) is 13.0 Å². The van der Waals surface area contributed by atoms with E-state index in [0.717, 1.165) is 17.7 Å². The molecule has 0 radical (unpaired) electrons. The highest BCUT2D eigenvalue weighted by Crippen LogP contribution is 2.44. The lowest BCUT2D eigenvalue weighted by molar-refractivity contribution is -0.143. The third kappa shape index (κ3) is 10.2. The molecule has 0 fully saturated rings. The molecule has 9 heteroatoms. The molecule has 0 atom stereocenters. The minimum atomic E-state index is -0.535. The lowest BCUT2D eigenvalue weighted by Gasteiger charge is -2.13. The summed E-state index contributed by atoms with van der Waals surface area (Å²) in [6.07, 6.45) is 18.8. The molecule has 1 aromatic carbocycles. The third-order valence-electron chi connectivity index (χ3n) is 6.96. The van der Waals surface area contributed by atoms with Gasteiger partial charge in [0.05, 0.1) is 37.8 Å². The van der Waals surface area contributed by atoms with Crippen LogP contribution >= 0.6 is 46.4 Å². The van der Waals surface area contributed by atoms with E-state index in [0.29, 0.717) is 32.3 Å². The summed E-state index contributed by atoms with van der Waals surface area (Å²) in [6.45, 7) is 2.92. The number of nitrogens with zero attached hydrogens (tertiary/aromatic N) is 1. The molecule has 1 aliphatic heterocycles. The van der Waals surface area contributed by atoms with Gasteiger partial charge in [-0.25, -0.2) is 0 Å². The summed E-state index contributed by atoms with van der Waals surface area (Å²) in [4.78, 5) is 38.5. The van der Waals surface area contributed by atoms with Gasteiger partial charge in [-0.2, -0.15) is 0 Å². The Bertz CT molecular complexity index is 891. The number of hydrogen-bond acceptors (Lipinski definition) is 4. The Morgan fingerprint density at radius 3 is 1.50 bits per heavy atom. The standard InChI is InChI=1S/C29H41Cl4NO4/c1-2-3-4-5-6-7-8-9-10-11-12-13-17-20-38-21(35)18-15-14-16-19-34-28(36)22-23(29(34)37)25(31)27(33)26(32)24(22)30/h2-20H2,1H3. The Morgan fingerprint density at radius 1 is 0.605 bits per heavy atom. The third-order valence-corrected chi connectivity index (χ3v) is 8.76. The van der Waals surface area contributed by atoms with E-state index in [1.54, 1.807) is 0 Å². The maximum atomic E-state index is 12.7. The topological polar surface area (TPSA) is 63.7 Å². The number of hydrogen-bond donors (Lipinski definition) is 0. The van der Waals surface area contributed by atoms with Gasteiger partial charge in [0.2, 0.25) is 0 Å². The van der Waals surface area contributed by atoms with E-state index in [2.05, 4.69) is 6.92 Å². The van der Waals surface area contributed by atoms with Crippen LogP contribution in [0.3, 0.4) is 0 Å². The van der Waals surface area contributed by atoms with Crippen LogP contribution in [0.2, 0.25) is 20.1 Å². The van der Waals surface area contributed by atoms with Gasteiger partial charge in [0.15, 0.2) is 0 Å². The van der Waals surface area contributed by atoms with E-state index in [1.165, 1.54) is 70.6 Å². The molecule has 214 valence electrons. The first-order valence-electron chi connectivity index (χ1n) is 14.2. The van der Waals surface area contributed by atoms with Crippen LogP contribution in [-0.4, -0.2) is 35.8 Å². The van der Waals surface area contributed by atoms with Crippen molar-refractivity contribution >= 4 is 64.2 Å². The maximum absolute atomic E-state index is 12.7. The molecular weight excluding hydrogens is 568 g/mol. The molecule has 0 spiro atoms. The number of carbonyl (C=O) groups is 3. The highest BCUT2D eigenvalue weighted by molar-refractivity contribution is 6.55. The van der Waals surface area contributed by atoms with Crippen LogP contribution in [-0.2, 0) is 9.53 Å². The number of esters is 1. The van der Waals surface area contributed by atoms with E-state index < -0.39 is 11.8 Å². The van der Waals surface area contributed by atoms with Gasteiger partial charge in [-0.3, -0.25) is 19.3 Å². The fourth-order valence-corrected chi connectivity index (χ4v) is 5.71. The van der Waals surface area contributed by atoms with Crippen molar-refractivity contribution in [3.05, 3.63) is 31.2 Å². The Hall–Kier alpha value is -1.01. The summed E-state index contributed by atoms with van der Waals surface area (Å²) in [5, 5.41) is -0.221. The first-order chi connectivity index (χ1) is 18.3. The number of amides is 2. The highest BCUT2D eigenvalue weighted by atomic mass is 35.5. The molecule has 1 heterocycles. The van der Waals surface area contributed by atoms with Crippen LogP contribution < -0.4 is 0 Å². The van der Waals surface area contributed by atoms with Crippen molar-refractivity contribution in [3.63, 3.8) is 0 Å². The number of imide groups is 1. The molecule has 0 aromatic heterocycles. The lowest BCUT2D eigenvalue weighted by atomic mass is 10.0. The van der Waals surface area contributed by atoms with Crippen molar-refractivity contribution in [1.29, 1.82) is 0 Å². The first kappa shape index (κ1) is 33.2. The largest absolute Gasteiger partial charge is 0.466 e. The SMILES string of the molecule is CCCCCCCCCCCCCCCOC(=O)CCCCCN1C(=O)c2c(Cl)c(Cl)c(Cl)c(Cl)c2C1=O. The smallest absolute Gasteiger partial charge is 0.305 e. The lowest BCUT2D eigenvalue weighted by Crippen LogP contribution is -2.30.